The molecule has 2 aromatic carbocycles. The van der Waals surface area contributed by atoms with Crippen molar-refractivity contribution in [1.29, 1.82) is 0 Å². The Morgan fingerprint density at radius 3 is 2.41 bits per heavy atom. The van der Waals surface area contributed by atoms with Crippen molar-refractivity contribution in [2.45, 2.75) is 22.9 Å². The molecule has 4 aromatic rings. The number of carbonyl (C=O) groups is 1. The van der Waals surface area contributed by atoms with Gasteiger partial charge in [-0.05, 0) is 25.1 Å². The highest BCUT2D eigenvalue weighted by Gasteiger charge is 2.24. The number of hydrogen-bond acceptors (Lipinski definition) is 7. The van der Waals surface area contributed by atoms with E-state index in [1.807, 2.05) is 24.3 Å². The third-order valence-corrected chi connectivity index (χ3v) is 6.13. The van der Waals surface area contributed by atoms with E-state index in [0.29, 0.717) is 21.0 Å². The van der Waals surface area contributed by atoms with E-state index in [2.05, 4.69) is 15.1 Å². The van der Waals surface area contributed by atoms with E-state index in [-0.39, 0.29) is 23.4 Å². The number of nitrogens with two attached hydrogens (primary N) is 2. The Kier molecular flexibility index (Phi) is 5.57. The monoisotopic (exact) mass is 453 g/mol. The number of nitrogens with zero attached hydrogens (tertiary/aromatic N) is 5. The van der Waals surface area contributed by atoms with E-state index in [4.69, 9.17) is 11.5 Å². The third-order valence-electron chi connectivity index (χ3n) is 5.08. The number of nitrogen functional groups attached to an aromatic ring is 2. The Morgan fingerprint density at radius 2 is 1.75 bits per heavy atom. The zero-order chi connectivity index (χ0) is 23.0. The molecule has 2 aromatic heterocycles. The molecule has 0 aliphatic rings. The lowest BCUT2D eigenvalue weighted by Gasteiger charge is -2.24. The fourth-order valence-electron chi connectivity index (χ4n) is 3.27. The summed E-state index contributed by atoms with van der Waals surface area (Å²) in [6, 6.07) is 13.2. The van der Waals surface area contributed by atoms with Gasteiger partial charge in [0.05, 0.1) is 17.1 Å². The lowest BCUT2D eigenvalue weighted by molar-refractivity contribution is 0.142. The molecule has 1 atom stereocenters. The molecule has 164 valence electrons. The number of amides is 1. The first-order valence-corrected chi connectivity index (χ1v) is 10.4. The molecule has 0 fully saturated rings. The van der Waals surface area contributed by atoms with Gasteiger partial charge >= 0.3 is 6.09 Å². The van der Waals surface area contributed by atoms with Crippen LogP contribution in [-0.2, 0) is 0 Å². The molecule has 0 saturated heterocycles. The van der Waals surface area contributed by atoms with Crippen molar-refractivity contribution in [3.63, 3.8) is 0 Å². The number of aromatic nitrogens is 4. The fourth-order valence-corrected chi connectivity index (χ4v) is 4.20. The highest BCUT2D eigenvalue weighted by atomic mass is 32.2. The van der Waals surface area contributed by atoms with Gasteiger partial charge in [-0.1, -0.05) is 42.1 Å². The van der Waals surface area contributed by atoms with E-state index < -0.39 is 12.1 Å². The molecule has 0 spiro atoms. The van der Waals surface area contributed by atoms with Gasteiger partial charge in [-0.25, -0.2) is 9.18 Å². The molecule has 5 N–H and O–H groups in total. The maximum atomic E-state index is 14.2. The second kappa shape index (κ2) is 8.35. The lowest BCUT2D eigenvalue weighted by atomic mass is 10.1. The normalized spacial score (nSPS) is 12.1. The summed E-state index contributed by atoms with van der Waals surface area (Å²) in [6.07, 6.45) is -1.13. The highest BCUT2D eigenvalue weighted by molar-refractivity contribution is 7.99. The van der Waals surface area contributed by atoms with Crippen molar-refractivity contribution in [3.8, 4) is 5.95 Å². The number of carboxylic acid groups (broad SMARTS) is 1. The first-order chi connectivity index (χ1) is 15.3. The number of para-hydroxylation sites is 1. The van der Waals surface area contributed by atoms with Crippen LogP contribution >= 0.6 is 11.8 Å². The predicted octanol–water partition coefficient (Wildman–Crippen LogP) is 3.94. The lowest BCUT2D eigenvalue weighted by Crippen LogP contribution is -2.29. The van der Waals surface area contributed by atoms with Crippen LogP contribution in [0.2, 0.25) is 0 Å². The van der Waals surface area contributed by atoms with E-state index in [1.54, 1.807) is 25.1 Å². The maximum Gasteiger partial charge on any atom is 0.407 e. The predicted molar refractivity (Wildman–Crippen MR) is 120 cm³/mol. The van der Waals surface area contributed by atoms with Crippen molar-refractivity contribution in [2.75, 3.05) is 18.5 Å². The zero-order valence-electron chi connectivity index (χ0n) is 17.2. The average Bonchev–Trinajstić information content (AvgIpc) is 3.12. The molecule has 2 heterocycles. The topological polar surface area (TPSA) is 136 Å². The molecule has 0 aliphatic heterocycles. The smallest absolute Gasteiger partial charge is 0.407 e. The minimum absolute atomic E-state index is 0.0518. The van der Waals surface area contributed by atoms with Crippen molar-refractivity contribution < 1.29 is 14.3 Å². The molecule has 0 bridgehead atoms. The summed E-state index contributed by atoms with van der Waals surface area (Å²) < 4.78 is 15.7. The van der Waals surface area contributed by atoms with Crippen molar-refractivity contribution in [1.82, 2.24) is 24.6 Å². The molecule has 4 rings (SSSR count). The van der Waals surface area contributed by atoms with Gasteiger partial charge in [-0.15, -0.1) is 0 Å². The number of fused-ring (bicyclic) bond motifs is 1. The van der Waals surface area contributed by atoms with E-state index in [0.717, 1.165) is 10.3 Å². The number of rotatable bonds is 5. The molecular weight excluding hydrogens is 433 g/mol. The van der Waals surface area contributed by atoms with Crippen molar-refractivity contribution in [2.24, 2.45) is 0 Å². The van der Waals surface area contributed by atoms with Gasteiger partial charge < -0.3 is 21.5 Å². The van der Waals surface area contributed by atoms with Gasteiger partial charge in [-0.2, -0.15) is 19.7 Å². The quantitative estimate of drug-likeness (QED) is 0.413. The van der Waals surface area contributed by atoms with E-state index >= 15 is 0 Å². The average molecular weight is 454 g/mol. The van der Waals surface area contributed by atoms with E-state index in [9.17, 15) is 14.3 Å². The molecule has 1 unspecified atom stereocenters. The fraction of sp³-hybridized carbons (Fsp3) is 0.143. The summed E-state index contributed by atoms with van der Waals surface area (Å²) in [5.74, 6) is -0.112. The Morgan fingerprint density at radius 1 is 1.12 bits per heavy atom. The van der Waals surface area contributed by atoms with Crippen LogP contribution in [0.3, 0.4) is 0 Å². The molecule has 0 aliphatic carbocycles. The summed E-state index contributed by atoms with van der Waals surface area (Å²) in [5, 5.41) is 15.2. The van der Waals surface area contributed by atoms with E-state index in [1.165, 1.54) is 29.6 Å². The van der Waals surface area contributed by atoms with Crippen LogP contribution in [0.15, 0.2) is 58.5 Å². The standard InChI is InChI=1S/C21H20FN7O2S/c1-11(28(2)21(30)31)16-17(23)25-20(26-18(16)24)29-14-9-5-3-7-12(14)19(27-29)32-15-10-6-4-8-13(15)22/h3-11H,1-2H3,(H,30,31)(H4,23,24,25,26). The van der Waals surface area contributed by atoms with Crippen molar-refractivity contribution in [3.05, 3.63) is 59.9 Å². The van der Waals surface area contributed by atoms with Gasteiger partial charge in [0.15, 0.2) is 0 Å². The van der Waals surface area contributed by atoms with Gasteiger partial charge in [0.25, 0.3) is 5.95 Å². The number of halogens is 1. The number of hydrogen-bond donors (Lipinski definition) is 3. The minimum atomic E-state index is -1.13. The van der Waals surface area contributed by atoms with Gasteiger partial charge in [0, 0.05) is 17.3 Å². The third kappa shape index (κ3) is 3.78. The van der Waals surface area contributed by atoms with Gasteiger partial charge in [0.1, 0.15) is 22.5 Å². The number of anilines is 2. The zero-order valence-corrected chi connectivity index (χ0v) is 18.0. The van der Waals surface area contributed by atoms with Crippen LogP contribution in [0.5, 0.6) is 0 Å². The van der Waals surface area contributed by atoms with Gasteiger partial charge in [0.2, 0.25) is 0 Å². The van der Waals surface area contributed by atoms with Crippen LogP contribution in [0.1, 0.15) is 18.5 Å². The largest absolute Gasteiger partial charge is 0.465 e. The maximum absolute atomic E-state index is 14.2. The summed E-state index contributed by atoms with van der Waals surface area (Å²) in [4.78, 5) is 21.5. The molecule has 0 radical (unpaired) electrons. The summed E-state index contributed by atoms with van der Waals surface area (Å²) in [5.41, 5.74) is 13.3. The molecule has 0 saturated carbocycles. The summed E-state index contributed by atoms with van der Waals surface area (Å²) in [7, 11) is 1.41. The minimum Gasteiger partial charge on any atom is -0.465 e. The second-order valence-corrected chi connectivity index (χ2v) is 8.07. The van der Waals surface area contributed by atoms with Crippen LogP contribution in [0.4, 0.5) is 20.8 Å². The Hall–Kier alpha value is -3.86. The van der Waals surface area contributed by atoms with Gasteiger partial charge in [-0.3, -0.25) is 0 Å². The Bertz CT molecular complexity index is 1300. The molecular formula is C21H20FN7O2S. The summed E-state index contributed by atoms with van der Waals surface area (Å²) >= 11 is 1.19. The summed E-state index contributed by atoms with van der Waals surface area (Å²) in [6.45, 7) is 1.64. The first-order valence-electron chi connectivity index (χ1n) is 9.57. The molecule has 9 nitrogen and oxygen atoms in total. The Balaban J connectivity index is 1.81. The molecule has 32 heavy (non-hydrogen) atoms. The molecule has 1 amide bonds. The number of benzene rings is 2. The van der Waals surface area contributed by atoms with Crippen LogP contribution in [0, 0.1) is 5.82 Å². The highest BCUT2D eigenvalue weighted by Crippen LogP contribution is 2.35. The molecule has 11 heteroatoms. The van der Waals surface area contributed by atoms with Crippen LogP contribution < -0.4 is 11.5 Å². The first kappa shape index (κ1) is 21.4. The SMILES string of the molecule is CC(c1c(N)nc(-n2nc(Sc3ccccc3F)c3ccccc32)nc1N)N(C)C(=O)O. The Labute approximate surface area is 186 Å². The van der Waals surface area contributed by atoms with Crippen molar-refractivity contribution >= 4 is 40.4 Å². The van der Waals surface area contributed by atoms with Crippen LogP contribution in [-0.4, -0.2) is 42.9 Å². The van der Waals surface area contributed by atoms with Crippen LogP contribution in [0.25, 0.3) is 16.9 Å². The second-order valence-electron chi connectivity index (χ2n) is 7.04.